The van der Waals surface area contributed by atoms with E-state index in [9.17, 15) is 0 Å². The fourth-order valence-corrected chi connectivity index (χ4v) is 2.86. The summed E-state index contributed by atoms with van der Waals surface area (Å²) in [5.74, 6) is 1.74. The van der Waals surface area contributed by atoms with Crippen molar-refractivity contribution < 1.29 is 0 Å². The van der Waals surface area contributed by atoms with Crippen LogP contribution in [0.4, 0.5) is 5.69 Å². The summed E-state index contributed by atoms with van der Waals surface area (Å²) in [4.78, 5) is 2.61. The molecule has 0 amide bonds. The van der Waals surface area contributed by atoms with E-state index in [1.54, 1.807) is 0 Å². The van der Waals surface area contributed by atoms with E-state index in [-0.39, 0.29) is 0 Å². The van der Waals surface area contributed by atoms with Crippen molar-refractivity contribution in [3.05, 3.63) is 29.8 Å². The number of nitrogens with two attached hydrogens (primary N) is 1. The molecule has 2 N–H and O–H groups in total. The van der Waals surface area contributed by atoms with Gasteiger partial charge in [-0.3, -0.25) is 0 Å². The highest BCUT2D eigenvalue weighted by atomic mass is 15.1. The Kier molecular flexibility index (Phi) is 4.65. The van der Waals surface area contributed by atoms with Crippen LogP contribution in [0.5, 0.6) is 0 Å². The van der Waals surface area contributed by atoms with Gasteiger partial charge in [0, 0.05) is 12.2 Å². The topological polar surface area (TPSA) is 29.3 Å². The highest BCUT2D eigenvalue weighted by molar-refractivity contribution is 5.46. The van der Waals surface area contributed by atoms with Gasteiger partial charge in [0.05, 0.1) is 0 Å². The van der Waals surface area contributed by atoms with Crippen LogP contribution in [0.1, 0.15) is 32.3 Å². The highest BCUT2D eigenvalue weighted by Gasteiger charge is 2.24. The van der Waals surface area contributed by atoms with Gasteiger partial charge in [0.25, 0.3) is 0 Å². The summed E-state index contributed by atoms with van der Waals surface area (Å²) in [6.07, 6.45) is 3.71. The smallest absolute Gasteiger partial charge is 0.0346 e. The number of nitrogens with zero attached hydrogens (tertiary/aromatic N) is 1. The van der Waals surface area contributed by atoms with Gasteiger partial charge >= 0.3 is 0 Å². The van der Waals surface area contributed by atoms with E-state index in [0.717, 1.165) is 23.9 Å². The molecule has 1 aromatic carbocycles. The largest absolute Gasteiger partial charge is 0.399 e. The Morgan fingerprint density at radius 1 is 1.33 bits per heavy atom. The second-order valence-corrected chi connectivity index (χ2v) is 5.90. The average Bonchev–Trinajstić information content (AvgIpc) is 2.80. The van der Waals surface area contributed by atoms with Crippen LogP contribution in [0.3, 0.4) is 0 Å². The third-order valence-corrected chi connectivity index (χ3v) is 4.23. The van der Waals surface area contributed by atoms with Crippen LogP contribution >= 0.6 is 0 Å². The Hall–Kier alpha value is -1.02. The van der Waals surface area contributed by atoms with E-state index in [2.05, 4.69) is 30.9 Å². The summed E-state index contributed by atoms with van der Waals surface area (Å²) in [5.41, 5.74) is 8.21. The number of rotatable bonds is 5. The van der Waals surface area contributed by atoms with Gasteiger partial charge in [-0.25, -0.2) is 0 Å². The standard InChI is InChI=1S/C16H26N2/c1-13(2)15-9-11-18(12-15)10-5-7-14-6-3-4-8-16(14)17/h3-4,6,8,13,15H,5,7,9-12,17H2,1-2H3. The van der Waals surface area contributed by atoms with Crippen molar-refractivity contribution in [2.24, 2.45) is 11.8 Å². The molecule has 1 aromatic rings. The molecule has 0 aromatic heterocycles. The third kappa shape index (κ3) is 3.49. The molecule has 2 heteroatoms. The van der Waals surface area contributed by atoms with Gasteiger partial charge < -0.3 is 10.6 Å². The first kappa shape index (κ1) is 13.4. The zero-order chi connectivity index (χ0) is 13.0. The molecular weight excluding hydrogens is 220 g/mol. The predicted octanol–water partition coefficient (Wildman–Crippen LogP) is 3.18. The number of anilines is 1. The SMILES string of the molecule is CC(C)C1CCN(CCCc2ccccc2N)C1. The molecule has 100 valence electrons. The molecule has 2 rings (SSSR count). The van der Waals surface area contributed by atoms with Crippen LogP contribution in [0.15, 0.2) is 24.3 Å². The van der Waals surface area contributed by atoms with Crippen molar-refractivity contribution in [1.29, 1.82) is 0 Å². The molecule has 0 spiro atoms. The van der Waals surface area contributed by atoms with Crippen molar-refractivity contribution in [2.45, 2.75) is 33.1 Å². The summed E-state index contributed by atoms with van der Waals surface area (Å²) in [5, 5.41) is 0. The lowest BCUT2D eigenvalue weighted by Crippen LogP contribution is -2.23. The molecule has 0 radical (unpaired) electrons. The Labute approximate surface area is 111 Å². The number of hydrogen-bond donors (Lipinski definition) is 1. The van der Waals surface area contributed by atoms with Crippen LogP contribution in [0, 0.1) is 11.8 Å². The normalized spacial score (nSPS) is 20.7. The van der Waals surface area contributed by atoms with Gasteiger partial charge in [-0.2, -0.15) is 0 Å². The van der Waals surface area contributed by atoms with E-state index in [1.165, 1.54) is 38.0 Å². The van der Waals surface area contributed by atoms with Gasteiger partial charge in [-0.05, 0) is 55.8 Å². The maximum absolute atomic E-state index is 5.96. The first-order valence-corrected chi connectivity index (χ1v) is 7.22. The minimum Gasteiger partial charge on any atom is -0.399 e. The molecule has 18 heavy (non-hydrogen) atoms. The molecule has 1 fully saturated rings. The summed E-state index contributed by atoms with van der Waals surface area (Å²) in [6.45, 7) is 8.49. The average molecular weight is 246 g/mol. The molecule has 1 saturated heterocycles. The number of nitrogen functional groups attached to an aromatic ring is 1. The maximum atomic E-state index is 5.96. The first-order valence-electron chi connectivity index (χ1n) is 7.22. The Morgan fingerprint density at radius 2 is 2.11 bits per heavy atom. The van der Waals surface area contributed by atoms with Crippen LogP contribution in [-0.4, -0.2) is 24.5 Å². The molecule has 0 bridgehead atoms. The summed E-state index contributed by atoms with van der Waals surface area (Å²) < 4.78 is 0. The highest BCUT2D eigenvalue weighted by Crippen LogP contribution is 2.23. The Morgan fingerprint density at radius 3 is 2.78 bits per heavy atom. The van der Waals surface area contributed by atoms with Gasteiger partial charge in [-0.1, -0.05) is 32.0 Å². The van der Waals surface area contributed by atoms with Gasteiger partial charge in [-0.15, -0.1) is 0 Å². The molecule has 1 aliphatic rings. The molecule has 1 atom stereocenters. The van der Waals surface area contributed by atoms with Crippen LogP contribution < -0.4 is 5.73 Å². The molecule has 1 heterocycles. The number of benzene rings is 1. The quantitative estimate of drug-likeness (QED) is 0.809. The summed E-state index contributed by atoms with van der Waals surface area (Å²) in [6, 6.07) is 8.24. The summed E-state index contributed by atoms with van der Waals surface area (Å²) in [7, 11) is 0. The summed E-state index contributed by atoms with van der Waals surface area (Å²) >= 11 is 0. The van der Waals surface area contributed by atoms with E-state index < -0.39 is 0 Å². The van der Waals surface area contributed by atoms with Crippen LogP contribution in [0.2, 0.25) is 0 Å². The van der Waals surface area contributed by atoms with E-state index in [4.69, 9.17) is 5.73 Å². The molecule has 1 unspecified atom stereocenters. The third-order valence-electron chi connectivity index (χ3n) is 4.23. The number of likely N-dealkylation sites (tertiary alicyclic amines) is 1. The fourth-order valence-electron chi connectivity index (χ4n) is 2.86. The molecule has 1 aliphatic heterocycles. The number of hydrogen-bond acceptors (Lipinski definition) is 2. The predicted molar refractivity (Wildman–Crippen MR) is 78.6 cm³/mol. The van der Waals surface area contributed by atoms with E-state index in [1.807, 2.05) is 12.1 Å². The van der Waals surface area contributed by atoms with Crippen molar-refractivity contribution in [3.8, 4) is 0 Å². The number of aryl methyl sites for hydroxylation is 1. The molecule has 0 aliphatic carbocycles. The minimum absolute atomic E-state index is 0.833. The Balaban J connectivity index is 1.72. The molecule has 2 nitrogen and oxygen atoms in total. The van der Waals surface area contributed by atoms with Crippen LogP contribution in [0.25, 0.3) is 0 Å². The lowest BCUT2D eigenvalue weighted by Gasteiger charge is -2.17. The molecule has 0 saturated carbocycles. The lowest BCUT2D eigenvalue weighted by atomic mass is 9.95. The van der Waals surface area contributed by atoms with Crippen molar-refractivity contribution in [1.82, 2.24) is 4.90 Å². The lowest BCUT2D eigenvalue weighted by molar-refractivity contribution is 0.300. The number of para-hydroxylation sites is 1. The van der Waals surface area contributed by atoms with Crippen LogP contribution in [-0.2, 0) is 6.42 Å². The first-order chi connectivity index (χ1) is 8.66. The van der Waals surface area contributed by atoms with E-state index >= 15 is 0 Å². The van der Waals surface area contributed by atoms with Crippen molar-refractivity contribution >= 4 is 5.69 Å². The maximum Gasteiger partial charge on any atom is 0.0346 e. The molecular formula is C16H26N2. The second-order valence-electron chi connectivity index (χ2n) is 5.90. The van der Waals surface area contributed by atoms with Crippen molar-refractivity contribution in [2.75, 3.05) is 25.4 Å². The van der Waals surface area contributed by atoms with Gasteiger partial charge in [0.1, 0.15) is 0 Å². The zero-order valence-electron chi connectivity index (χ0n) is 11.7. The minimum atomic E-state index is 0.833. The Bertz CT molecular complexity index is 373. The monoisotopic (exact) mass is 246 g/mol. The van der Waals surface area contributed by atoms with E-state index in [0.29, 0.717) is 0 Å². The fraction of sp³-hybridized carbons (Fsp3) is 0.625. The van der Waals surface area contributed by atoms with Gasteiger partial charge in [0.2, 0.25) is 0 Å². The second kappa shape index (κ2) is 6.24. The van der Waals surface area contributed by atoms with Gasteiger partial charge in [0.15, 0.2) is 0 Å². The van der Waals surface area contributed by atoms with Crippen molar-refractivity contribution in [3.63, 3.8) is 0 Å². The zero-order valence-corrected chi connectivity index (χ0v) is 11.7.